The van der Waals surface area contributed by atoms with E-state index in [2.05, 4.69) is 41.5 Å². The molecule has 6 rings (SSSR count). The lowest BCUT2D eigenvalue weighted by atomic mass is 9.94. The maximum Gasteiger partial charge on any atom is 0.258 e. The van der Waals surface area contributed by atoms with E-state index < -0.39 is 12.5 Å². The number of hydrogen-bond acceptors (Lipinski definition) is 3. The number of rotatable bonds is 5. The lowest BCUT2D eigenvalue weighted by Crippen LogP contribution is -2.25. The van der Waals surface area contributed by atoms with Gasteiger partial charge in [0.1, 0.15) is 6.61 Å². The molecule has 0 unspecified atom stereocenters. The van der Waals surface area contributed by atoms with Crippen molar-refractivity contribution in [3.8, 4) is 11.1 Å². The van der Waals surface area contributed by atoms with Crippen LogP contribution < -0.4 is 10.2 Å². The van der Waals surface area contributed by atoms with Gasteiger partial charge in [-0.15, -0.1) is 0 Å². The van der Waals surface area contributed by atoms with Crippen LogP contribution in [0.3, 0.4) is 0 Å². The number of carbonyl (C=O) groups is 2. The first-order valence-electron chi connectivity index (χ1n) is 12.0. The van der Waals surface area contributed by atoms with E-state index in [9.17, 15) is 9.59 Å². The van der Waals surface area contributed by atoms with Crippen LogP contribution in [0.5, 0.6) is 0 Å². The van der Waals surface area contributed by atoms with E-state index in [1.807, 2.05) is 59.5 Å². The fourth-order valence-electron chi connectivity index (χ4n) is 5.25. The van der Waals surface area contributed by atoms with Gasteiger partial charge in [0.15, 0.2) is 0 Å². The Morgan fingerprint density at radius 3 is 2.56 bits per heavy atom. The minimum atomic E-state index is -0.522. The van der Waals surface area contributed by atoms with E-state index >= 15 is 0 Å². The minimum Gasteiger partial charge on any atom is -0.387 e. The van der Waals surface area contributed by atoms with Gasteiger partial charge in [0.25, 0.3) is 5.91 Å². The number of H-pyrrole nitrogens is 1. The van der Waals surface area contributed by atoms with Crippen molar-refractivity contribution in [1.29, 1.82) is 0 Å². The third-order valence-electron chi connectivity index (χ3n) is 7.03. The minimum absolute atomic E-state index is 0.0389. The van der Waals surface area contributed by atoms with Crippen LogP contribution >= 0.6 is 0 Å². The summed E-state index contributed by atoms with van der Waals surface area (Å²) in [5.74, 6) is -0.360. The molecule has 0 bridgehead atoms. The summed E-state index contributed by atoms with van der Waals surface area (Å²) in [6, 6.07) is 26.3. The number of anilines is 1. The van der Waals surface area contributed by atoms with E-state index in [1.54, 1.807) is 0 Å². The average Bonchev–Trinajstić information content (AvgIpc) is 3.44. The Bertz CT molecular complexity index is 1670. The average molecular weight is 476 g/mol. The summed E-state index contributed by atoms with van der Waals surface area (Å²) in [7, 11) is 0. The van der Waals surface area contributed by atoms with E-state index in [1.165, 1.54) is 0 Å². The van der Waals surface area contributed by atoms with Crippen LogP contribution in [0.25, 0.3) is 32.9 Å². The van der Waals surface area contributed by atoms with Crippen molar-refractivity contribution in [3.05, 3.63) is 101 Å². The molecular weight excluding hydrogens is 450 g/mol. The zero-order valence-electron chi connectivity index (χ0n) is 19.8. The molecule has 4 aromatic carbocycles. The van der Waals surface area contributed by atoms with Gasteiger partial charge >= 0.3 is 0 Å². The first-order chi connectivity index (χ1) is 17.5. The number of carbonyl (C=O) groups excluding carboxylic acids is 2. The monoisotopic (exact) mass is 475 g/mol. The van der Waals surface area contributed by atoms with E-state index in [0.717, 1.165) is 60.9 Å². The third kappa shape index (κ3) is 3.54. The van der Waals surface area contributed by atoms with Crippen molar-refractivity contribution >= 4 is 39.3 Å². The van der Waals surface area contributed by atoms with Gasteiger partial charge in [0, 0.05) is 39.6 Å². The highest BCUT2D eigenvalue weighted by atomic mass is 16.3. The van der Waals surface area contributed by atoms with Crippen molar-refractivity contribution in [1.82, 2.24) is 10.3 Å². The number of nitrogens with zero attached hydrogens (tertiary/aromatic N) is 1. The second kappa shape index (κ2) is 8.66. The fraction of sp³-hybridized carbons (Fsp3) is 0.133. The van der Waals surface area contributed by atoms with Crippen LogP contribution in [0.2, 0.25) is 0 Å². The molecule has 0 atom stereocenters. The van der Waals surface area contributed by atoms with Crippen LogP contribution in [0, 0.1) is 6.92 Å². The van der Waals surface area contributed by atoms with Gasteiger partial charge in [0.2, 0.25) is 5.91 Å². The molecule has 0 radical (unpaired) electrons. The predicted molar refractivity (Wildman–Crippen MR) is 142 cm³/mol. The van der Waals surface area contributed by atoms with Gasteiger partial charge in [0.05, 0.1) is 6.54 Å². The number of aromatic amines is 1. The predicted octanol–water partition coefficient (Wildman–Crippen LogP) is 5.07. The smallest absolute Gasteiger partial charge is 0.258 e. The fourth-order valence-corrected chi connectivity index (χ4v) is 5.25. The number of hydrogen-bond donors (Lipinski definition) is 3. The van der Waals surface area contributed by atoms with Crippen molar-refractivity contribution in [2.24, 2.45) is 0 Å². The molecule has 3 N–H and O–H groups in total. The van der Waals surface area contributed by atoms with E-state index in [-0.39, 0.29) is 5.91 Å². The number of amides is 2. The molecule has 1 aromatic heterocycles. The van der Waals surface area contributed by atoms with Crippen molar-refractivity contribution in [2.45, 2.75) is 20.0 Å². The molecule has 5 aromatic rings. The Morgan fingerprint density at radius 2 is 1.72 bits per heavy atom. The van der Waals surface area contributed by atoms with Gasteiger partial charge in [-0.3, -0.25) is 9.59 Å². The number of benzene rings is 4. The number of fused-ring (bicyclic) bond motifs is 4. The summed E-state index contributed by atoms with van der Waals surface area (Å²) >= 11 is 0. The Hall–Kier alpha value is -4.42. The molecule has 0 fully saturated rings. The second-order valence-corrected chi connectivity index (χ2v) is 9.17. The Kier molecular flexibility index (Phi) is 5.31. The highest BCUT2D eigenvalue weighted by Crippen LogP contribution is 2.40. The molecule has 1 aliphatic heterocycles. The quantitative estimate of drug-likeness (QED) is 0.332. The second-order valence-electron chi connectivity index (χ2n) is 9.17. The first kappa shape index (κ1) is 22.1. The molecule has 6 nitrogen and oxygen atoms in total. The number of aliphatic hydroxyl groups is 1. The van der Waals surface area contributed by atoms with Gasteiger partial charge in [-0.1, -0.05) is 54.6 Å². The summed E-state index contributed by atoms with van der Waals surface area (Å²) < 4.78 is 0. The third-order valence-corrected chi connectivity index (χ3v) is 7.03. The summed E-state index contributed by atoms with van der Waals surface area (Å²) in [6.07, 6.45) is 0. The maximum absolute atomic E-state index is 13.2. The molecule has 1 aliphatic rings. The zero-order chi connectivity index (χ0) is 24.8. The molecule has 0 saturated heterocycles. The van der Waals surface area contributed by atoms with Gasteiger partial charge in [-0.25, -0.2) is 0 Å². The largest absolute Gasteiger partial charge is 0.387 e. The number of aliphatic hydroxyl groups excluding tert-OH is 1. The summed E-state index contributed by atoms with van der Waals surface area (Å²) in [5, 5.41) is 13.9. The van der Waals surface area contributed by atoms with Crippen LogP contribution in [0.4, 0.5) is 5.69 Å². The SMILES string of the molecule is Cc1c(-c2cccc3[nH]c4cc(CNC(=O)CO)ccc4c23)cccc1N1Cc2ccccc2C1=O. The van der Waals surface area contributed by atoms with E-state index in [4.69, 9.17) is 5.11 Å². The molecule has 36 heavy (non-hydrogen) atoms. The molecule has 0 aliphatic carbocycles. The maximum atomic E-state index is 13.2. The number of nitrogens with one attached hydrogen (secondary N) is 2. The van der Waals surface area contributed by atoms with Gasteiger partial charge in [-0.05, 0) is 59.0 Å². The molecule has 6 heteroatoms. The highest BCUT2D eigenvalue weighted by molar-refractivity contribution is 6.15. The molecule has 2 heterocycles. The summed E-state index contributed by atoms with van der Waals surface area (Å²) in [5.41, 5.74) is 8.94. The van der Waals surface area contributed by atoms with Crippen LogP contribution in [0.1, 0.15) is 27.0 Å². The Morgan fingerprint density at radius 1 is 0.944 bits per heavy atom. The lowest BCUT2D eigenvalue weighted by Gasteiger charge is -2.21. The molecule has 0 saturated carbocycles. The molecule has 2 amide bonds. The van der Waals surface area contributed by atoms with Gasteiger partial charge in [-0.2, -0.15) is 0 Å². The molecule has 0 spiro atoms. The first-order valence-corrected chi connectivity index (χ1v) is 12.0. The highest BCUT2D eigenvalue weighted by Gasteiger charge is 2.29. The van der Waals surface area contributed by atoms with Crippen molar-refractivity contribution in [3.63, 3.8) is 0 Å². The Labute approximate surface area is 208 Å². The topological polar surface area (TPSA) is 85.4 Å². The van der Waals surface area contributed by atoms with Crippen molar-refractivity contribution < 1.29 is 14.7 Å². The lowest BCUT2D eigenvalue weighted by molar-refractivity contribution is -0.123. The van der Waals surface area contributed by atoms with Crippen molar-refractivity contribution in [2.75, 3.05) is 11.5 Å². The zero-order valence-corrected chi connectivity index (χ0v) is 19.8. The Balaban J connectivity index is 1.43. The van der Waals surface area contributed by atoms with Gasteiger partial charge < -0.3 is 20.3 Å². The summed E-state index contributed by atoms with van der Waals surface area (Å²) in [6.45, 7) is 2.49. The van der Waals surface area contributed by atoms with Crippen LogP contribution in [0.15, 0.2) is 78.9 Å². The standard InChI is InChI=1S/C30H25N3O3/c1-18-21(8-5-11-27(18)33-16-20-6-2-3-7-22(20)30(33)36)23-9-4-10-25-29(23)24-13-12-19(14-26(24)32-25)15-31-28(35)17-34/h2-14,32,34H,15-17H2,1H3,(H,31,35). The number of aromatic nitrogens is 1. The van der Waals surface area contributed by atoms with E-state index in [0.29, 0.717) is 13.1 Å². The normalized spacial score (nSPS) is 12.9. The summed E-state index contributed by atoms with van der Waals surface area (Å²) in [4.78, 5) is 30.0. The van der Waals surface area contributed by atoms with Crippen LogP contribution in [-0.2, 0) is 17.9 Å². The van der Waals surface area contributed by atoms with Crippen LogP contribution in [-0.4, -0.2) is 28.5 Å². The molecular formula is C30H25N3O3. The molecule has 178 valence electrons.